The van der Waals surface area contributed by atoms with Crippen LogP contribution in [0.25, 0.3) is 0 Å². The molecule has 4 aliphatic carbocycles. The molecule has 1 saturated heterocycles. The number of nitrogens with zero attached hydrogens (tertiary/aromatic N) is 1. The fourth-order valence-electron chi connectivity index (χ4n) is 5.83. The van der Waals surface area contributed by atoms with Crippen LogP contribution in [0.4, 0.5) is 0 Å². The molecule has 5 rings (SSSR count). The van der Waals surface area contributed by atoms with E-state index in [1.54, 1.807) is 0 Å². The van der Waals surface area contributed by atoms with E-state index in [9.17, 15) is 9.59 Å². The first-order valence-corrected chi connectivity index (χ1v) is 10.4. The molecule has 5 fully saturated rings. The van der Waals surface area contributed by atoms with E-state index in [0.29, 0.717) is 13.0 Å². The highest BCUT2D eigenvalue weighted by atomic mass is 32.2. The van der Waals surface area contributed by atoms with Gasteiger partial charge in [0.15, 0.2) is 0 Å². The molecule has 1 aliphatic heterocycles. The molecule has 0 aromatic carbocycles. The molecule has 0 spiro atoms. The normalized spacial score (nSPS) is 38.6. The lowest BCUT2D eigenvalue weighted by Crippen LogP contribution is -2.54. The average Bonchev–Trinajstić information content (AvgIpc) is 2.54. The van der Waals surface area contributed by atoms with E-state index in [0.717, 1.165) is 61.6 Å². The van der Waals surface area contributed by atoms with Gasteiger partial charge < -0.3 is 10.2 Å². The van der Waals surface area contributed by atoms with Crippen LogP contribution in [0.15, 0.2) is 0 Å². The van der Waals surface area contributed by atoms with Gasteiger partial charge in [-0.1, -0.05) is 0 Å². The lowest BCUT2D eigenvalue weighted by Gasteiger charge is -2.55. The molecule has 4 nitrogen and oxygen atoms in total. The predicted octanol–water partition coefficient (Wildman–Crippen LogP) is 2.28. The molecule has 0 atom stereocenters. The summed E-state index contributed by atoms with van der Waals surface area (Å²) < 4.78 is 0. The number of rotatable bonds is 4. The molecule has 0 aromatic heterocycles. The summed E-state index contributed by atoms with van der Waals surface area (Å²) in [6.07, 6.45) is 7.84. The first-order valence-electron chi connectivity index (χ1n) is 9.28. The Kier molecular flexibility index (Phi) is 4.33. The van der Waals surface area contributed by atoms with Crippen LogP contribution in [0, 0.1) is 23.2 Å². The molecular formula is C18H28N2O2S. The van der Waals surface area contributed by atoms with E-state index < -0.39 is 0 Å². The van der Waals surface area contributed by atoms with Gasteiger partial charge in [-0.3, -0.25) is 9.59 Å². The van der Waals surface area contributed by atoms with E-state index in [-0.39, 0.29) is 17.2 Å². The Morgan fingerprint density at radius 2 is 1.57 bits per heavy atom. The molecule has 0 radical (unpaired) electrons. The lowest BCUT2D eigenvalue weighted by atomic mass is 9.49. The van der Waals surface area contributed by atoms with Crippen molar-refractivity contribution in [1.82, 2.24) is 10.2 Å². The first kappa shape index (κ1) is 15.8. The zero-order valence-electron chi connectivity index (χ0n) is 13.9. The molecule has 0 aromatic rings. The summed E-state index contributed by atoms with van der Waals surface area (Å²) in [4.78, 5) is 27.0. The molecule has 5 aliphatic rings. The summed E-state index contributed by atoms with van der Waals surface area (Å²) in [5.41, 5.74) is -0.0838. The Bertz CT molecular complexity index is 452. The number of thioether (sulfide) groups is 1. The van der Waals surface area contributed by atoms with Crippen molar-refractivity contribution in [2.45, 2.75) is 44.9 Å². The second-order valence-electron chi connectivity index (χ2n) is 8.20. The molecular weight excluding hydrogens is 308 g/mol. The minimum absolute atomic E-state index is 0.0838. The number of nitrogens with one attached hydrogen (secondary N) is 1. The van der Waals surface area contributed by atoms with Gasteiger partial charge in [-0.25, -0.2) is 0 Å². The van der Waals surface area contributed by atoms with E-state index in [1.807, 2.05) is 16.7 Å². The van der Waals surface area contributed by atoms with Gasteiger partial charge in [-0.15, -0.1) is 0 Å². The number of amides is 2. The summed E-state index contributed by atoms with van der Waals surface area (Å²) in [5.74, 6) is 4.92. The van der Waals surface area contributed by atoms with Crippen LogP contribution in [0.2, 0.25) is 0 Å². The monoisotopic (exact) mass is 336 g/mol. The quantitative estimate of drug-likeness (QED) is 0.857. The maximum atomic E-state index is 12.8. The molecule has 128 valence electrons. The van der Waals surface area contributed by atoms with Gasteiger partial charge in [0.2, 0.25) is 11.8 Å². The lowest BCUT2D eigenvalue weighted by molar-refractivity contribution is -0.146. The summed E-state index contributed by atoms with van der Waals surface area (Å²) in [6.45, 7) is 2.25. The molecule has 0 unspecified atom stereocenters. The fourth-order valence-corrected chi connectivity index (χ4v) is 6.73. The van der Waals surface area contributed by atoms with Crippen LogP contribution >= 0.6 is 11.8 Å². The van der Waals surface area contributed by atoms with Crippen LogP contribution < -0.4 is 5.32 Å². The van der Waals surface area contributed by atoms with E-state index in [1.165, 1.54) is 19.3 Å². The third kappa shape index (κ3) is 3.13. The third-order valence-corrected chi connectivity index (χ3v) is 7.45. The Morgan fingerprint density at radius 1 is 1.00 bits per heavy atom. The zero-order valence-corrected chi connectivity index (χ0v) is 14.7. The smallest absolute Gasteiger partial charge is 0.226 e. The van der Waals surface area contributed by atoms with Gasteiger partial charge in [-0.2, -0.15) is 11.8 Å². The molecule has 5 heteroatoms. The summed E-state index contributed by atoms with van der Waals surface area (Å²) in [6, 6.07) is 0. The summed E-state index contributed by atoms with van der Waals surface area (Å²) in [7, 11) is 0. The van der Waals surface area contributed by atoms with Crippen LogP contribution in [0.5, 0.6) is 0 Å². The Labute approximate surface area is 143 Å². The Hall–Kier alpha value is -0.710. The zero-order chi connectivity index (χ0) is 15.9. The van der Waals surface area contributed by atoms with Gasteiger partial charge in [0.1, 0.15) is 0 Å². The van der Waals surface area contributed by atoms with Crippen molar-refractivity contribution in [2.24, 2.45) is 23.2 Å². The van der Waals surface area contributed by atoms with Crippen molar-refractivity contribution in [2.75, 3.05) is 31.1 Å². The molecule has 1 heterocycles. The highest BCUT2D eigenvalue weighted by Crippen LogP contribution is 2.60. The van der Waals surface area contributed by atoms with E-state index in [4.69, 9.17) is 0 Å². The van der Waals surface area contributed by atoms with E-state index >= 15 is 0 Å². The molecule has 2 amide bonds. The second kappa shape index (κ2) is 6.30. The maximum Gasteiger partial charge on any atom is 0.226 e. The highest BCUT2D eigenvalue weighted by molar-refractivity contribution is 7.99. The molecule has 4 bridgehead atoms. The molecule has 4 saturated carbocycles. The average molecular weight is 337 g/mol. The van der Waals surface area contributed by atoms with Gasteiger partial charge in [0, 0.05) is 43.0 Å². The summed E-state index contributed by atoms with van der Waals surface area (Å²) in [5, 5.41) is 3.12. The highest BCUT2D eigenvalue weighted by Gasteiger charge is 2.54. The molecule has 23 heavy (non-hydrogen) atoms. The van der Waals surface area contributed by atoms with Crippen molar-refractivity contribution in [3.8, 4) is 0 Å². The van der Waals surface area contributed by atoms with Crippen molar-refractivity contribution in [1.29, 1.82) is 0 Å². The SMILES string of the molecule is O=C(CCNC(=O)C12CC3CC(CC(C3)C1)C2)N1CCSCC1. The standard InChI is InChI=1S/C18H28N2O2S/c21-16(20-3-5-23-6-4-20)1-2-19-17(22)18-10-13-7-14(11-18)9-15(8-13)12-18/h13-15H,1-12H2,(H,19,22). The fraction of sp³-hybridized carbons (Fsp3) is 0.889. The van der Waals surface area contributed by atoms with E-state index in [2.05, 4.69) is 5.32 Å². The van der Waals surface area contributed by atoms with Crippen LogP contribution in [0.1, 0.15) is 44.9 Å². The topological polar surface area (TPSA) is 49.4 Å². The Morgan fingerprint density at radius 3 is 2.13 bits per heavy atom. The van der Waals surface area contributed by atoms with Gasteiger partial charge in [0.25, 0.3) is 0 Å². The Balaban J connectivity index is 1.28. The number of carbonyl (C=O) groups excluding carboxylic acids is 2. The number of hydrogen-bond acceptors (Lipinski definition) is 3. The minimum Gasteiger partial charge on any atom is -0.355 e. The van der Waals surface area contributed by atoms with Gasteiger partial charge in [0.05, 0.1) is 0 Å². The molecule has 1 N–H and O–H groups in total. The number of hydrogen-bond donors (Lipinski definition) is 1. The third-order valence-electron chi connectivity index (χ3n) is 6.51. The minimum atomic E-state index is -0.0838. The predicted molar refractivity (Wildman–Crippen MR) is 92.1 cm³/mol. The largest absolute Gasteiger partial charge is 0.355 e. The van der Waals surface area contributed by atoms with Crippen LogP contribution in [-0.2, 0) is 9.59 Å². The van der Waals surface area contributed by atoms with Gasteiger partial charge >= 0.3 is 0 Å². The van der Waals surface area contributed by atoms with Gasteiger partial charge in [-0.05, 0) is 56.3 Å². The van der Waals surface area contributed by atoms with Crippen molar-refractivity contribution < 1.29 is 9.59 Å². The van der Waals surface area contributed by atoms with Crippen molar-refractivity contribution in [3.63, 3.8) is 0 Å². The van der Waals surface area contributed by atoms with Crippen LogP contribution in [0.3, 0.4) is 0 Å². The van der Waals surface area contributed by atoms with Crippen LogP contribution in [-0.4, -0.2) is 47.9 Å². The first-order chi connectivity index (χ1) is 11.1. The second-order valence-corrected chi connectivity index (χ2v) is 9.42. The van der Waals surface area contributed by atoms with Crippen molar-refractivity contribution >= 4 is 23.6 Å². The maximum absolute atomic E-state index is 12.8. The number of carbonyl (C=O) groups is 2. The summed E-state index contributed by atoms with van der Waals surface area (Å²) >= 11 is 1.91. The van der Waals surface area contributed by atoms with Crippen molar-refractivity contribution in [3.05, 3.63) is 0 Å².